The molecule has 0 fully saturated rings. The predicted molar refractivity (Wildman–Crippen MR) is 91.8 cm³/mol. The van der Waals surface area contributed by atoms with Gasteiger partial charge in [-0.3, -0.25) is 0 Å². The fourth-order valence-electron chi connectivity index (χ4n) is 2.59. The highest BCUT2D eigenvalue weighted by molar-refractivity contribution is 9.10. The third-order valence-corrected chi connectivity index (χ3v) is 5.67. The predicted octanol–water partition coefficient (Wildman–Crippen LogP) is 6.10. The first-order valence-corrected chi connectivity index (χ1v) is 8.36. The van der Waals surface area contributed by atoms with Gasteiger partial charge in [0.2, 0.25) is 0 Å². The molecule has 2 aromatic carbocycles. The maximum absolute atomic E-state index is 6.66. The summed E-state index contributed by atoms with van der Waals surface area (Å²) < 4.78 is 6.58. The molecule has 0 aromatic heterocycles. The Bertz CT molecular complexity index is 697. The molecule has 2 aromatic rings. The maximum Gasteiger partial charge on any atom is 0.123 e. The molecule has 1 atom stereocenters. The van der Waals surface area contributed by atoms with E-state index in [1.807, 2.05) is 30.3 Å². The Hall–Kier alpha value is -0.700. The zero-order valence-corrected chi connectivity index (χ0v) is 14.9. The lowest BCUT2D eigenvalue weighted by molar-refractivity contribution is 0.291. The van der Waals surface area contributed by atoms with Crippen LogP contribution in [0.4, 0.5) is 0 Å². The van der Waals surface area contributed by atoms with Gasteiger partial charge in [0.1, 0.15) is 5.75 Å². The average molecular weight is 386 g/mol. The van der Waals surface area contributed by atoms with Gasteiger partial charge in [-0.25, -0.2) is 0 Å². The van der Waals surface area contributed by atoms with Gasteiger partial charge in [0.25, 0.3) is 0 Å². The first-order chi connectivity index (χ1) is 9.90. The Kier molecular flexibility index (Phi) is 3.98. The Morgan fingerprint density at radius 1 is 1.24 bits per heavy atom. The Morgan fingerprint density at radius 2 is 2.00 bits per heavy atom. The van der Waals surface area contributed by atoms with Crippen LogP contribution in [0.3, 0.4) is 0 Å². The number of rotatable bonds is 2. The summed E-state index contributed by atoms with van der Waals surface area (Å²) in [5, 5.41) is 0.380. The molecule has 0 radical (unpaired) electrons. The molecule has 0 spiro atoms. The van der Waals surface area contributed by atoms with Gasteiger partial charge in [0.15, 0.2) is 0 Å². The monoisotopic (exact) mass is 384 g/mol. The highest BCUT2D eigenvalue weighted by Crippen LogP contribution is 2.43. The summed E-state index contributed by atoms with van der Waals surface area (Å²) >= 11 is 16.5. The molecule has 1 nitrogen and oxygen atoms in total. The van der Waals surface area contributed by atoms with E-state index in [2.05, 4.69) is 35.8 Å². The number of halogens is 3. The van der Waals surface area contributed by atoms with Crippen molar-refractivity contribution in [2.24, 2.45) is 0 Å². The second-order valence-corrected chi connectivity index (χ2v) is 7.60. The van der Waals surface area contributed by atoms with Gasteiger partial charge in [-0.15, -0.1) is 11.6 Å². The van der Waals surface area contributed by atoms with E-state index in [4.69, 9.17) is 27.9 Å². The van der Waals surface area contributed by atoms with Crippen LogP contribution in [0.5, 0.6) is 5.75 Å². The van der Waals surface area contributed by atoms with E-state index < -0.39 is 0 Å². The molecule has 1 aliphatic rings. The molecule has 1 heterocycles. The van der Waals surface area contributed by atoms with Crippen LogP contribution in [-0.4, -0.2) is 6.61 Å². The van der Waals surface area contributed by atoms with Gasteiger partial charge >= 0.3 is 0 Å². The van der Waals surface area contributed by atoms with Crippen molar-refractivity contribution in [1.82, 2.24) is 0 Å². The molecule has 4 heteroatoms. The second-order valence-electron chi connectivity index (χ2n) is 5.93. The average Bonchev–Trinajstić information content (AvgIpc) is 2.76. The molecule has 0 saturated heterocycles. The molecule has 110 valence electrons. The van der Waals surface area contributed by atoms with Crippen molar-refractivity contribution in [2.45, 2.75) is 24.6 Å². The molecule has 0 aliphatic carbocycles. The Balaban J connectivity index is 2.03. The van der Waals surface area contributed by atoms with Crippen LogP contribution in [-0.2, 0) is 5.41 Å². The van der Waals surface area contributed by atoms with E-state index in [0.29, 0.717) is 11.6 Å². The van der Waals surface area contributed by atoms with Gasteiger partial charge in [-0.05, 0) is 45.3 Å². The first kappa shape index (κ1) is 15.2. The van der Waals surface area contributed by atoms with E-state index in [0.717, 1.165) is 21.3 Å². The lowest BCUT2D eigenvalue weighted by atomic mass is 9.85. The molecule has 0 bridgehead atoms. The Morgan fingerprint density at radius 3 is 2.76 bits per heavy atom. The van der Waals surface area contributed by atoms with Gasteiger partial charge in [-0.2, -0.15) is 0 Å². The topological polar surface area (TPSA) is 9.23 Å². The highest BCUT2D eigenvalue weighted by atomic mass is 79.9. The second kappa shape index (κ2) is 5.49. The van der Waals surface area contributed by atoms with Gasteiger partial charge in [0.05, 0.1) is 17.0 Å². The van der Waals surface area contributed by atoms with Crippen LogP contribution in [0.15, 0.2) is 40.9 Å². The largest absolute Gasteiger partial charge is 0.492 e. The fourth-order valence-corrected chi connectivity index (χ4v) is 3.58. The molecule has 3 rings (SSSR count). The third-order valence-electron chi connectivity index (χ3n) is 3.87. The number of hydrogen-bond donors (Lipinski definition) is 0. The molecule has 0 saturated carbocycles. The summed E-state index contributed by atoms with van der Waals surface area (Å²) in [7, 11) is 0. The fraction of sp³-hybridized carbons (Fsp3) is 0.294. The smallest absolute Gasteiger partial charge is 0.123 e. The number of alkyl halides is 1. The van der Waals surface area contributed by atoms with Crippen molar-refractivity contribution < 1.29 is 4.74 Å². The summed E-state index contributed by atoms with van der Waals surface area (Å²) in [4.78, 5) is 0. The SMILES string of the molecule is CC1(C)COc2ccc(C(Cl)c3cccc(Br)c3Cl)cc21. The van der Waals surface area contributed by atoms with Crippen LogP contribution >= 0.6 is 39.1 Å². The minimum Gasteiger partial charge on any atom is -0.492 e. The summed E-state index contributed by atoms with van der Waals surface area (Å²) in [6, 6.07) is 12.0. The minimum atomic E-state index is -0.281. The zero-order valence-electron chi connectivity index (χ0n) is 11.8. The van der Waals surface area contributed by atoms with Gasteiger partial charge in [-0.1, -0.05) is 43.6 Å². The van der Waals surface area contributed by atoms with Crippen molar-refractivity contribution in [1.29, 1.82) is 0 Å². The number of fused-ring (bicyclic) bond motifs is 1. The van der Waals surface area contributed by atoms with Crippen LogP contribution in [0.1, 0.15) is 35.9 Å². The number of benzene rings is 2. The molecular formula is C17H15BrCl2O. The maximum atomic E-state index is 6.66. The van der Waals surface area contributed by atoms with E-state index >= 15 is 0 Å². The molecule has 1 unspecified atom stereocenters. The van der Waals surface area contributed by atoms with E-state index in [1.165, 1.54) is 5.56 Å². The third kappa shape index (κ3) is 2.69. The van der Waals surface area contributed by atoms with Crippen LogP contribution in [0, 0.1) is 0 Å². The summed E-state index contributed by atoms with van der Waals surface area (Å²) in [6.45, 7) is 5.06. The lowest BCUT2D eigenvalue weighted by Crippen LogP contribution is -2.18. The van der Waals surface area contributed by atoms with Crippen LogP contribution < -0.4 is 4.74 Å². The van der Waals surface area contributed by atoms with E-state index in [9.17, 15) is 0 Å². The van der Waals surface area contributed by atoms with Crippen molar-refractivity contribution in [2.75, 3.05) is 6.61 Å². The van der Waals surface area contributed by atoms with Crippen molar-refractivity contribution >= 4 is 39.1 Å². The molecular weight excluding hydrogens is 371 g/mol. The van der Waals surface area contributed by atoms with Crippen LogP contribution in [0.2, 0.25) is 5.02 Å². The quantitative estimate of drug-likeness (QED) is 0.567. The minimum absolute atomic E-state index is 0.0169. The lowest BCUT2D eigenvalue weighted by Gasteiger charge is -2.18. The van der Waals surface area contributed by atoms with Gasteiger partial charge in [0, 0.05) is 15.5 Å². The molecule has 0 N–H and O–H groups in total. The molecule has 0 amide bonds. The van der Waals surface area contributed by atoms with E-state index in [-0.39, 0.29) is 10.8 Å². The highest BCUT2D eigenvalue weighted by Gasteiger charge is 2.32. The first-order valence-electron chi connectivity index (χ1n) is 6.75. The normalized spacial score (nSPS) is 17.2. The zero-order chi connectivity index (χ0) is 15.2. The van der Waals surface area contributed by atoms with E-state index in [1.54, 1.807) is 0 Å². The van der Waals surface area contributed by atoms with Crippen molar-refractivity contribution in [3.63, 3.8) is 0 Å². The van der Waals surface area contributed by atoms with Gasteiger partial charge < -0.3 is 4.74 Å². The number of ether oxygens (including phenoxy) is 1. The Labute approximate surface area is 143 Å². The summed E-state index contributed by atoms with van der Waals surface area (Å²) in [5.74, 6) is 0.952. The summed E-state index contributed by atoms with van der Waals surface area (Å²) in [6.07, 6.45) is 0. The molecule has 21 heavy (non-hydrogen) atoms. The standard InChI is InChI=1S/C17H15BrCl2O/c1-17(2)9-21-14-7-6-10(8-12(14)17)15(19)11-4-3-5-13(18)16(11)20/h3-8,15H,9H2,1-2H3. The summed E-state index contributed by atoms with van der Waals surface area (Å²) in [5.41, 5.74) is 3.17. The molecule has 1 aliphatic heterocycles. The van der Waals surface area contributed by atoms with Crippen molar-refractivity contribution in [3.8, 4) is 5.75 Å². The van der Waals surface area contributed by atoms with Crippen molar-refractivity contribution in [3.05, 3.63) is 62.6 Å². The number of hydrogen-bond acceptors (Lipinski definition) is 1. The van der Waals surface area contributed by atoms with Crippen LogP contribution in [0.25, 0.3) is 0 Å².